The summed E-state index contributed by atoms with van der Waals surface area (Å²) in [5.41, 5.74) is -0.842. The number of hydrogen-bond acceptors (Lipinski definition) is 4. The number of nitrogens with zero attached hydrogens (tertiary/aromatic N) is 1. The molecule has 0 radical (unpaired) electrons. The fourth-order valence-corrected chi connectivity index (χ4v) is 1.87. The van der Waals surface area contributed by atoms with Crippen LogP contribution in [0.4, 0.5) is 4.39 Å². The fourth-order valence-electron chi connectivity index (χ4n) is 1.87. The van der Waals surface area contributed by atoms with Gasteiger partial charge in [-0.1, -0.05) is 0 Å². The molecule has 0 saturated carbocycles. The number of amides is 1. The van der Waals surface area contributed by atoms with E-state index in [0.717, 1.165) is 0 Å². The van der Waals surface area contributed by atoms with Crippen molar-refractivity contribution in [3.63, 3.8) is 0 Å². The van der Waals surface area contributed by atoms with Crippen molar-refractivity contribution in [1.82, 2.24) is 4.90 Å². The number of alkyl halides is 1. The Hall–Kier alpha value is -1.66. The molecule has 6 nitrogen and oxygen atoms in total. The number of ether oxygens (including phenoxy) is 1. The predicted molar refractivity (Wildman–Crippen MR) is 58.2 cm³/mol. The van der Waals surface area contributed by atoms with E-state index >= 15 is 0 Å². The first-order valence-electron chi connectivity index (χ1n) is 5.50. The Balaban J connectivity index is 2.99. The quantitative estimate of drug-likeness (QED) is 0.456. The van der Waals surface area contributed by atoms with Crippen LogP contribution in [0.3, 0.4) is 0 Å². The van der Waals surface area contributed by atoms with Crippen molar-refractivity contribution in [2.45, 2.75) is 38.6 Å². The molecule has 0 unspecified atom stereocenters. The van der Waals surface area contributed by atoms with Gasteiger partial charge in [-0.05, 0) is 27.2 Å². The summed E-state index contributed by atoms with van der Waals surface area (Å²) in [5.74, 6) is -7.33. The van der Waals surface area contributed by atoms with E-state index in [4.69, 9.17) is 9.84 Å². The molecule has 0 aromatic carbocycles. The molecule has 1 rings (SSSR count). The summed E-state index contributed by atoms with van der Waals surface area (Å²) in [7, 11) is 0. The number of carbonyl (C=O) groups excluding carboxylic acids is 2. The van der Waals surface area contributed by atoms with Crippen LogP contribution in [0.5, 0.6) is 0 Å². The van der Waals surface area contributed by atoms with Crippen LogP contribution in [-0.4, -0.2) is 46.3 Å². The van der Waals surface area contributed by atoms with E-state index in [1.165, 1.54) is 0 Å². The summed E-state index contributed by atoms with van der Waals surface area (Å²) in [4.78, 5) is 33.9. The highest BCUT2D eigenvalue weighted by atomic mass is 19.1. The van der Waals surface area contributed by atoms with Gasteiger partial charge < -0.3 is 14.7 Å². The lowest BCUT2D eigenvalue weighted by atomic mass is 9.97. The van der Waals surface area contributed by atoms with Gasteiger partial charge in [0.2, 0.25) is 6.41 Å². The minimum atomic E-state index is -3.02. The summed E-state index contributed by atoms with van der Waals surface area (Å²) < 4.78 is 19.4. The second-order valence-electron chi connectivity index (χ2n) is 5.15. The van der Waals surface area contributed by atoms with Crippen LogP contribution in [-0.2, 0) is 19.1 Å². The molecule has 7 heteroatoms. The van der Waals surface area contributed by atoms with Gasteiger partial charge in [-0.25, -0.2) is 9.18 Å². The van der Waals surface area contributed by atoms with Crippen LogP contribution in [0.2, 0.25) is 0 Å². The average Bonchev–Trinajstić information content (AvgIpc) is 2.54. The van der Waals surface area contributed by atoms with E-state index in [1.54, 1.807) is 20.8 Å². The molecule has 1 saturated heterocycles. The van der Waals surface area contributed by atoms with Gasteiger partial charge in [0.25, 0.3) is 5.79 Å². The van der Waals surface area contributed by atoms with E-state index in [9.17, 15) is 18.8 Å². The van der Waals surface area contributed by atoms with Crippen molar-refractivity contribution >= 4 is 18.3 Å². The topological polar surface area (TPSA) is 83.9 Å². The Morgan fingerprint density at radius 2 is 2.06 bits per heavy atom. The lowest BCUT2D eigenvalue weighted by Gasteiger charge is -2.29. The lowest BCUT2D eigenvalue weighted by Crippen LogP contribution is -2.53. The zero-order chi connectivity index (χ0) is 14.1. The summed E-state index contributed by atoms with van der Waals surface area (Å²) >= 11 is 0. The van der Waals surface area contributed by atoms with Crippen molar-refractivity contribution in [2.75, 3.05) is 6.54 Å². The highest BCUT2D eigenvalue weighted by Gasteiger charge is 2.60. The molecule has 0 spiro atoms. The van der Waals surface area contributed by atoms with Crippen molar-refractivity contribution in [2.24, 2.45) is 5.92 Å². The molecule has 2 atom stereocenters. The average molecular weight is 261 g/mol. The van der Waals surface area contributed by atoms with Gasteiger partial charge in [-0.15, -0.1) is 0 Å². The Morgan fingerprint density at radius 1 is 1.50 bits per heavy atom. The largest absolute Gasteiger partial charge is 0.477 e. The van der Waals surface area contributed by atoms with Gasteiger partial charge in [0.1, 0.15) is 11.5 Å². The highest BCUT2D eigenvalue weighted by Crippen LogP contribution is 2.37. The number of carbonyl (C=O) groups is 3. The molecular weight excluding hydrogens is 245 g/mol. The summed E-state index contributed by atoms with van der Waals surface area (Å²) in [6.45, 7) is 4.66. The molecule has 0 aliphatic carbocycles. The first-order chi connectivity index (χ1) is 8.13. The number of rotatable bonds is 3. The van der Waals surface area contributed by atoms with Crippen LogP contribution >= 0.6 is 0 Å². The van der Waals surface area contributed by atoms with Crippen LogP contribution in [0.25, 0.3) is 0 Å². The normalized spacial score (nSPS) is 28.0. The van der Waals surface area contributed by atoms with Crippen molar-refractivity contribution in [3.05, 3.63) is 0 Å². The Bertz CT molecular complexity index is 378. The highest BCUT2D eigenvalue weighted by molar-refractivity contribution is 5.88. The number of halogens is 1. The zero-order valence-corrected chi connectivity index (χ0v) is 10.5. The van der Waals surface area contributed by atoms with Gasteiger partial charge in [-0.2, -0.15) is 0 Å². The van der Waals surface area contributed by atoms with E-state index in [1.807, 2.05) is 0 Å². The third kappa shape index (κ3) is 2.44. The number of aliphatic carboxylic acids is 1. The van der Waals surface area contributed by atoms with Gasteiger partial charge >= 0.3 is 11.9 Å². The minimum Gasteiger partial charge on any atom is -0.477 e. The van der Waals surface area contributed by atoms with Gasteiger partial charge in [0.15, 0.2) is 0 Å². The van der Waals surface area contributed by atoms with Gasteiger partial charge in [0, 0.05) is 6.54 Å². The summed E-state index contributed by atoms with van der Waals surface area (Å²) in [6, 6.07) is 0. The number of carboxylic acid groups (broad SMARTS) is 1. The molecule has 0 aromatic heterocycles. The number of carboxylic acids is 1. The first-order valence-corrected chi connectivity index (χ1v) is 5.50. The van der Waals surface area contributed by atoms with Gasteiger partial charge in [0.05, 0.1) is 0 Å². The van der Waals surface area contributed by atoms with Gasteiger partial charge in [-0.3, -0.25) is 9.59 Å². The molecule has 18 heavy (non-hydrogen) atoms. The van der Waals surface area contributed by atoms with Crippen LogP contribution in [0, 0.1) is 5.92 Å². The number of likely N-dealkylation sites (tertiary alicyclic amines) is 1. The smallest absolute Gasteiger partial charge is 0.363 e. The molecule has 0 aromatic rings. The maximum Gasteiger partial charge on any atom is 0.363 e. The maximum atomic E-state index is 14.4. The summed E-state index contributed by atoms with van der Waals surface area (Å²) in [5, 5.41) is 8.91. The molecule has 1 amide bonds. The van der Waals surface area contributed by atoms with E-state index in [0.29, 0.717) is 4.90 Å². The summed E-state index contributed by atoms with van der Waals surface area (Å²) in [6.07, 6.45) is 0.0228. The molecule has 1 aliphatic rings. The Labute approximate surface area is 104 Å². The van der Waals surface area contributed by atoms with Crippen molar-refractivity contribution in [3.8, 4) is 0 Å². The number of esters is 1. The maximum absolute atomic E-state index is 14.4. The zero-order valence-electron chi connectivity index (χ0n) is 10.5. The molecule has 102 valence electrons. The van der Waals surface area contributed by atoms with E-state index < -0.39 is 29.3 Å². The Kier molecular flexibility index (Phi) is 3.64. The molecule has 1 aliphatic heterocycles. The standard InChI is InChI=1S/C11H16FNO5/c1-10(2,3)18-8(15)7-4-5-13(6-14)11(7,12)9(16)17/h6-7H,4-5H2,1-3H3,(H,16,17)/t7-,11+/m0/s1. The fraction of sp³-hybridized carbons (Fsp3) is 0.727. The molecular formula is C11H16FNO5. The predicted octanol–water partition coefficient (Wildman–Crippen LogP) is 0.557. The van der Waals surface area contributed by atoms with E-state index in [-0.39, 0.29) is 19.4 Å². The minimum absolute atomic E-state index is 0.0730. The van der Waals surface area contributed by atoms with Crippen LogP contribution < -0.4 is 0 Å². The van der Waals surface area contributed by atoms with E-state index in [2.05, 4.69) is 0 Å². The van der Waals surface area contributed by atoms with Crippen LogP contribution in [0.1, 0.15) is 27.2 Å². The lowest BCUT2D eigenvalue weighted by molar-refractivity contribution is -0.183. The first kappa shape index (κ1) is 14.4. The molecule has 0 bridgehead atoms. The molecule has 1 N–H and O–H groups in total. The second-order valence-corrected chi connectivity index (χ2v) is 5.15. The third-order valence-electron chi connectivity index (χ3n) is 2.66. The van der Waals surface area contributed by atoms with Crippen LogP contribution in [0.15, 0.2) is 0 Å². The molecule has 1 fully saturated rings. The molecule has 1 heterocycles. The third-order valence-corrected chi connectivity index (χ3v) is 2.66. The number of hydrogen-bond donors (Lipinski definition) is 1. The van der Waals surface area contributed by atoms with Crippen molar-refractivity contribution < 1.29 is 28.6 Å². The Morgan fingerprint density at radius 3 is 2.44 bits per heavy atom. The second kappa shape index (κ2) is 4.55. The monoisotopic (exact) mass is 261 g/mol. The SMILES string of the molecule is CC(C)(C)OC(=O)[C@@H]1CCN(C=O)[C@@]1(F)C(=O)O. The van der Waals surface area contributed by atoms with Crippen molar-refractivity contribution in [1.29, 1.82) is 0 Å².